The Kier molecular flexibility index (Phi) is 4.94. The summed E-state index contributed by atoms with van der Waals surface area (Å²) in [7, 11) is 0. The Bertz CT molecular complexity index is 894. The van der Waals surface area contributed by atoms with E-state index in [-0.39, 0.29) is 16.8 Å². The number of carbonyl (C=O) groups excluding carboxylic acids is 1. The zero-order valence-corrected chi connectivity index (χ0v) is 12.0. The van der Waals surface area contributed by atoms with Crippen LogP contribution in [0, 0.1) is 28.1 Å². The smallest absolute Gasteiger partial charge is 0.278 e. The lowest BCUT2D eigenvalue weighted by Gasteiger charge is -2.03. The molecule has 0 amide bonds. The van der Waals surface area contributed by atoms with Gasteiger partial charge in [-0.2, -0.15) is 15.1 Å². The van der Waals surface area contributed by atoms with Crippen LogP contribution in [0.2, 0.25) is 0 Å². The Hall–Kier alpha value is -3.79. The van der Waals surface area contributed by atoms with Crippen LogP contribution in [0.3, 0.4) is 0 Å². The molecular weight excluding hydrogens is 288 g/mol. The monoisotopic (exact) mass is 299 g/mol. The maximum atomic E-state index is 12.8. The van der Waals surface area contributed by atoms with Crippen molar-refractivity contribution in [3.05, 3.63) is 77.6 Å². The van der Waals surface area contributed by atoms with Gasteiger partial charge in [0.2, 0.25) is 0 Å². The molecular formula is C18H11N4O+. The van der Waals surface area contributed by atoms with Crippen LogP contribution in [0.1, 0.15) is 10.4 Å². The number of ketones is 1. The van der Waals surface area contributed by atoms with Gasteiger partial charge in [-0.15, -0.1) is 0 Å². The van der Waals surface area contributed by atoms with Crippen molar-refractivity contribution in [2.24, 2.45) is 0 Å². The van der Waals surface area contributed by atoms with Gasteiger partial charge in [0.05, 0.1) is 0 Å². The molecule has 23 heavy (non-hydrogen) atoms. The van der Waals surface area contributed by atoms with Crippen LogP contribution in [0.5, 0.6) is 0 Å². The number of nitrogens with one attached hydrogen (secondary N) is 1. The predicted molar refractivity (Wildman–Crippen MR) is 83.1 cm³/mol. The fraction of sp³-hybridized carbons (Fsp3) is 0. The summed E-state index contributed by atoms with van der Waals surface area (Å²) in [6, 6.07) is 17.2. The standard InChI is InChI=1S/C18H11N4O/c19-11-15(12-20)16(13-21)17(22-9-5-2-6-10-22)18(23)14-7-3-1-4-8-14/h1-10,19H/q+1/b17-16-. The summed E-state index contributed by atoms with van der Waals surface area (Å²) in [5.74, 6) is 1.50. The summed E-state index contributed by atoms with van der Waals surface area (Å²) < 4.78 is 1.46. The van der Waals surface area contributed by atoms with Gasteiger partial charge in [-0.3, -0.25) is 10.2 Å². The van der Waals surface area contributed by atoms with E-state index in [1.54, 1.807) is 67.0 Å². The second-order valence-corrected chi connectivity index (χ2v) is 4.43. The van der Waals surface area contributed by atoms with Crippen molar-refractivity contribution in [3.63, 3.8) is 0 Å². The molecule has 2 rings (SSSR count). The lowest BCUT2D eigenvalue weighted by Crippen LogP contribution is -2.37. The van der Waals surface area contributed by atoms with Crippen molar-refractivity contribution in [3.8, 4) is 12.1 Å². The van der Waals surface area contributed by atoms with Gasteiger partial charge in [0.25, 0.3) is 11.5 Å². The summed E-state index contributed by atoms with van der Waals surface area (Å²) in [5.41, 5.74) is -0.0832. The molecule has 5 heteroatoms. The largest absolute Gasteiger partial charge is 0.282 e. The highest BCUT2D eigenvalue weighted by Crippen LogP contribution is 2.17. The van der Waals surface area contributed by atoms with Crippen LogP contribution in [-0.4, -0.2) is 11.7 Å². The normalized spacial score (nSPS) is 10.5. The molecule has 1 aromatic heterocycles. The minimum absolute atomic E-state index is 0.00981. The number of carbonyl (C=O) groups is 1. The summed E-state index contributed by atoms with van der Waals surface area (Å²) in [6.07, 6.45) is 3.21. The zero-order chi connectivity index (χ0) is 16.7. The molecule has 108 valence electrons. The van der Waals surface area contributed by atoms with E-state index in [0.29, 0.717) is 5.56 Å². The third-order valence-corrected chi connectivity index (χ3v) is 3.06. The molecule has 0 aliphatic rings. The quantitative estimate of drug-likeness (QED) is 0.234. The van der Waals surface area contributed by atoms with E-state index in [9.17, 15) is 10.1 Å². The second kappa shape index (κ2) is 7.28. The minimum Gasteiger partial charge on any atom is -0.282 e. The fourth-order valence-electron chi connectivity index (χ4n) is 2.01. The first kappa shape index (κ1) is 15.6. The number of aromatic nitrogens is 1. The Morgan fingerprint density at radius 3 is 2.09 bits per heavy atom. The molecule has 0 aliphatic heterocycles. The van der Waals surface area contributed by atoms with E-state index < -0.39 is 5.78 Å². The van der Waals surface area contributed by atoms with Gasteiger partial charge in [-0.05, 0) is 5.87 Å². The average molecular weight is 299 g/mol. The number of nitrogens with zero attached hydrogens (tertiary/aromatic N) is 3. The Morgan fingerprint density at radius 2 is 1.57 bits per heavy atom. The van der Waals surface area contributed by atoms with Crippen molar-refractivity contribution >= 4 is 17.4 Å². The fourth-order valence-corrected chi connectivity index (χ4v) is 2.01. The van der Waals surface area contributed by atoms with Gasteiger partial charge in [0.15, 0.2) is 18.0 Å². The van der Waals surface area contributed by atoms with Crippen molar-refractivity contribution in [2.75, 3.05) is 0 Å². The number of allylic oxidation sites excluding steroid dienone is 3. The molecule has 0 atom stereocenters. The number of hydrogen-bond acceptors (Lipinski definition) is 4. The third-order valence-electron chi connectivity index (χ3n) is 3.06. The van der Waals surface area contributed by atoms with Gasteiger partial charge in [-0.1, -0.05) is 36.4 Å². The Labute approximate surface area is 133 Å². The van der Waals surface area contributed by atoms with E-state index in [1.165, 1.54) is 4.57 Å². The van der Waals surface area contributed by atoms with Crippen LogP contribution in [0.4, 0.5) is 0 Å². The van der Waals surface area contributed by atoms with Crippen molar-refractivity contribution in [1.29, 1.82) is 15.9 Å². The molecule has 1 N–H and O–H groups in total. The first-order chi connectivity index (χ1) is 11.2. The molecule has 5 nitrogen and oxygen atoms in total. The van der Waals surface area contributed by atoms with Gasteiger partial charge < -0.3 is 0 Å². The van der Waals surface area contributed by atoms with Crippen LogP contribution in [0.15, 0.2) is 72.1 Å². The van der Waals surface area contributed by atoms with E-state index in [4.69, 9.17) is 10.7 Å². The van der Waals surface area contributed by atoms with Gasteiger partial charge in [0.1, 0.15) is 17.7 Å². The highest BCUT2D eigenvalue weighted by atomic mass is 16.1. The number of hydrogen-bond donors (Lipinski definition) is 1. The average Bonchev–Trinajstić information content (AvgIpc) is 2.63. The van der Waals surface area contributed by atoms with Gasteiger partial charge in [-0.25, -0.2) is 0 Å². The number of nitriles is 2. The van der Waals surface area contributed by atoms with E-state index >= 15 is 0 Å². The number of Topliss-reactive ketones (excluding diaryl/α,β-unsaturated/α-hetero) is 1. The van der Waals surface area contributed by atoms with E-state index in [2.05, 4.69) is 0 Å². The molecule has 0 spiro atoms. The number of rotatable bonds is 4. The second-order valence-electron chi connectivity index (χ2n) is 4.43. The van der Waals surface area contributed by atoms with Crippen molar-refractivity contribution in [2.45, 2.75) is 0 Å². The highest BCUT2D eigenvalue weighted by molar-refractivity contribution is 6.23. The van der Waals surface area contributed by atoms with E-state index in [1.807, 2.05) is 11.9 Å². The topological polar surface area (TPSA) is 92.4 Å². The summed E-state index contributed by atoms with van der Waals surface area (Å²) >= 11 is 0. The molecule has 1 heterocycles. The summed E-state index contributed by atoms with van der Waals surface area (Å²) in [6.45, 7) is 0. The van der Waals surface area contributed by atoms with Gasteiger partial charge >= 0.3 is 0 Å². The molecule has 0 saturated carbocycles. The maximum absolute atomic E-state index is 12.8. The van der Waals surface area contributed by atoms with Crippen LogP contribution >= 0.6 is 0 Å². The predicted octanol–water partition coefficient (Wildman–Crippen LogP) is 2.29. The van der Waals surface area contributed by atoms with E-state index in [0.717, 1.165) is 0 Å². The Balaban J connectivity index is 2.77. The van der Waals surface area contributed by atoms with Crippen LogP contribution < -0.4 is 4.57 Å². The first-order valence-corrected chi connectivity index (χ1v) is 6.64. The molecule has 0 unspecified atom stereocenters. The SMILES string of the molecule is N#CC(=C=N)/C(C#N)=C(/C(=O)c1ccccc1)[n+]1ccccc1. The zero-order valence-electron chi connectivity index (χ0n) is 12.0. The minimum atomic E-state index is -0.415. The van der Waals surface area contributed by atoms with Crippen LogP contribution in [-0.2, 0) is 0 Å². The van der Waals surface area contributed by atoms with Gasteiger partial charge in [0, 0.05) is 17.7 Å². The van der Waals surface area contributed by atoms with Crippen LogP contribution in [0.25, 0.3) is 5.70 Å². The Morgan fingerprint density at radius 1 is 0.957 bits per heavy atom. The first-order valence-electron chi connectivity index (χ1n) is 6.64. The molecule has 0 fully saturated rings. The lowest BCUT2D eigenvalue weighted by atomic mass is 10.0. The number of benzene rings is 1. The molecule has 0 bridgehead atoms. The number of pyridine rings is 1. The third kappa shape index (κ3) is 3.28. The maximum Gasteiger partial charge on any atom is 0.278 e. The lowest BCUT2D eigenvalue weighted by molar-refractivity contribution is -0.577. The molecule has 2 aromatic rings. The van der Waals surface area contributed by atoms with Crippen molar-refractivity contribution in [1.82, 2.24) is 0 Å². The molecule has 1 aromatic carbocycles. The van der Waals surface area contributed by atoms with Crippen molar-refractivity contribution < 1.29 is 9.36 Å². The highest BCUT2D eigenvalue weighted by Gasteiger charge is 2.29. The summed E-state index contributed by atoms with van der Waals surface area (Å²) in [4.78, 5) is 12.8. The molecule has 0 saturated heterocycles. The molecule has 0 aliphatic carbocycles. The molecule has 0 radical (unpaired) electrons. The summed E-state index contributed by atoms with van der Waals surface area (Å²) in [5, 5.41) is 25.7.